The average molecular weight is 576 g/mol. The molecule has 0 spiro atoms. The van der Waals surface area contributed by atoms with Gasteiger partial charge in [0.25, 0.3) is 5.91 Å². The molecule has 0 atom stereocenters. The Morgan fingerprint density at radius 2 is 1.80 bits per heavy atom. The molecule has 0 aliphatic heterocycles. The first-order valence-corrected chi connectivity index (χ1v) is 14.2. The summed E-state index contributed by atoms with van der Waals surface area (Å²) in [5.41, 5.74) is 5.97. The van der Waals surface area contributed by atoms with Gasteiger partial charge in [0.05, 0.1) is 23.3 Å². The number of carbonyl (C=O) groups is 1. The third-order valence-electron chi connectivity index (χ3n) is 6.20. The molecule has 11 heteroatoms. The Kier molecular flexibility index (Phi) is 7.83. The quantitative estimate of drug-likeness (QED) is 0.188. The van der Waals surface area contributed by atoms with Gasteiger partial charge >= 0.3 is 0 Å². The van der Waals surface area contributed by atoms with Crippen LogP contribution in [0.1, 0.15) is 38.8 Å². The van der Waals surface area contributed by atoms with Crippen LogP contribution in [-0.2, 0) is 23.1 Å². The number of aryl methyl sites for hydroxylation is 2. The number of rotatable bonds is 9. The van der Waals surface area contributed by atoms with Gasteiger partial charge in [0.1, 0.15) is 22.9 Å². The molecule has 0 fully saturated rings. The first-order valence-electron chi connectivity index (χ1n) is 12.4. The third kappa shape index (κ3) is 5.99. The topological polar surface area (TPSA) is 109 Å². The molecule has 0 bridgehead atoms. The second-order valence-corrected chi connectivity index (χ2v) is 11.6. The largest absolute Gasteiger partial charge is 0.459 e. The van der Waals surface area contributed by atoms with Gasteiger partial charge in [-0.3, -0.25) is 9.20 Å². The number of fused-ring (bicyclic) bond motifs is 1. The van der Waals surface area contributed by atoms with Crippen LogP contribution >= 0.6 is 11.6 Å². The zero-order valence-corrected chi connectivity index (χ0v) is 23.4. The Hall–Kier alpha value is -4.25. The van der Waals surface area contributed by atoms with E-state index in [9.17, 15) is 13.2 Å². The molecule has 0 radical (unpaired) electrons. The van der Waals surface area contributed by atoms with Gasteiger partial charge in [-0.2, -0.15) is 9.41 Å². The van der Waals surface area contributed by atoms with Gasteiger partial charge in [-0.05, 0) is 73.5 Å². The molecule has 1 N–H and O–H groups in total. The predicted octanol–water partition coefficient (Wildman–Crippen LogP) is 5.35. The molecule has 5 rings (SSSR count). The maximum absolute atomic E-state index is 13.5. The first-order chi connectivity index (χ1) is 19.2. The maximum Gasteiger partial charge on any atom is 0.290 e. The van der Waals surface area contributed by atoms with E-state index < -0.39 is 15.9 Å². The fraction of sp³-hybridized carbons (Fsp3) is 0.138. The van der Waals surface area contributed by atoms with Crippen molar-refractivity contribution in [2.45, 2.75) is 31.8 Å². The van der Waals surface area contributed by atoms with E-state index in [4.69, 9.17) is 16.0 Å². The molecule has 3 aromatic heterocycles. The van der Waals surface area contributed by atoms with Crippen molar-refractivity contribution in [3.63, 3.8) is 0 Å². The highest BCUT2D eigenvalue weighted by Gasteiger charge is 2.26. The smallest absolute Gasteiger partial charge is 0.290 e. The number of hydrogen-bond donors (Lipinski definition) is 1. The van der Waals surface area contributed by atoms with E-state index >= 15 is 0 Å². The Balaban J connectivity index is 1.32. The fourth-order valence-electron chi connectivity index (χ4n) is 4.23. The van der Waals surface area contributed by atoms with Crippen LogP contribution < -0.4 is 5.43 Å². The molecule has 3 heterocycles. The molecular weight excluding hydrogens is 550 g/mol. The van der Waals surface area contributed by atoms with Crippen molar-refractivity contribution in [3.05, 3.63) is 124 Å². The van der Waals surface area contributed by atoms with Crippen LogP contribution in [0.25, 0.3) is 5.65 Å². The number of nitrogens with zero attached hydrogens (tertiary/aromatic N) is 4. The van der Waals surface area contributed by atoms with Gasteiger partial charge in [-0.1, -0.05) is 41.9 Å². The van der Waals surface area contributed by atoms with Gasteiger partial charge in [0, 0.05) is 17.8 Å². The lowest BCUT2D eigenvalue weighted by molar-refractivity contribution is 0.0948. The summed E-state index contributed by atoms with van der Waals surface area (Å²) >= 11 is 6.01. The van der Waals surface area contributed by atoms with Gasteiger partial charge in [0.15, 0.2) is 0 Å². The molecular formula is C29H26ClN5O4S. The predicted molar refractivity (Wildman–Crippen MR) is 153 cm³/mol. The van der Waals surface area contributed by atoms with Crippen molar-refractivity contribution in [3.8, 4) is 0 Å². The Labute approximate surface area is 236 Å². The van der Waals surface area contributed by atoms with Crippen LogP contribution in [0, 0.1) is 13.8 Å². The minimum Gasteiger partial charge on any atom is -0.459 e. The number of amides is 1. The van der Waals surface area contributed by atoms with E-state index in [0.717, 1.165) is 11.1 Å². The summed E-state index contributed by atoms with van der Waals surface area (Å²) in [6, 6.07) is 22.4. The number of furan rings is 1. The number of hydrazone groups is 1. The molecule has 0 aliphatic carbocycles. The van der Waals surface area contributed by atoms with E-state index in [2.05, 4.69) is 15.5 Å². The lowest BCUT2D eigenvalue weighted by Gasteiger charge is -2.21. The number of halogens is 1. The van der Waals surface area contributed by atoms with Crippen LogP contribution in [0.15, 0.2) is 99.5 Å². The zero-order chi connectivity index (χ0) is 28.3. The second-order valence-electron chi connectivity index (χ2n) is 9.19. The number of carbonyl (C=O) groups excluding carboxylic acids is 1. The summed E-state index contributed by atoms with van der Waals surface area (Å²) < 4.78 is 35.9. The van der Waals surface area contributed by atoms with Crippen molar-refractivity contribution in [1.82, 2.24) is 19.1 Å². The van der Waals surface area contributed by atoms with Crippen LogP contribution in [0.2, 0.25) is 5.02 Å². The van der Waals surface area contributed by atoms with Gasteiger partial charge in [-0.15, -0.1) is 0 Å². The monoisotopic (exact) mass is 575 g/mol. The Morgan fingerprint density at radius 1 is 1.05 bits per heavy atom. The van der Waals surface area contributed by atoms with Gasteiger partial charge in [-0.25, -0.2) is 18.8 Å². The molecule has 9 nitrogen and oxygen atoms in total. The summed E-state index contributed by atoms with van der Waals surface area (Å²) in [5.74, 6) is 0.346. The van der Waals surface area contributed by atoms with E-state index in [1.165, 1.54) is 10.5 Å². The standard InChI is InChI=1S/C29H26ClN5O4S/c1-20-14-15-35-27(16-20)32-21(2)28(35)29(36)33-31-17-24-12-13-25(39-24)19-34(18-22-8-10-23(30)11-9-22)40(37,38)26-6-4-3-5-7-26/h3-17H,18-19H2,1-2H3,(H,33,36)/b31-17+. The third-order valence-corrected chi connectivity index (χ3v) is 8.25. The Bertz CT molecular complexity index is 1800. The van der Waals surface area contributed by atoms with Crippen molar-refractivity contribution >= 4 is 39.4 Å². The van der Waals surface area contributed by atoms with E-state index in [1.54, 1.807) is 84.3 Å². The number of pyridine rings is 1. The number of nitrogens with one attached hydrogen (secondary N) is 1. The molecule has 1 amide bonds. The SMILES string of the molecule is Cc1ccn2c(C(=O)N/N=C/c3ccc(CN(Cc4ccc(Cl)cc4)S(=O)(=O)c4ccccc4)o3)c(C)nc2c1. The van der Waals surface area contributed by atoms with Crippen molar-refractivity contribution < 1.29 is 17.6 Å². The molecule has 0 aliphatic rings. The Morgan fingerprint density at radius 3 is 2.55 bits per heavy atom. The van der Waals surface area contributed by atoms with Crippen LogP contribution in [0.3, 0.4) is 0 Å². The van der Waals surface area contributed by atoms with Crippen molar-refractivity contribution in [2.24, 2.45) is 5.10 Å². The number of aromatic nitrogens is 2. The highest BCUT2D eigenvalue weighted by atomic mass is 35.5. The number of imidazole rings is 1. The van der Waals surface area contributed by atoms with Gasteiger partial charge in [0.2, 0.25) is 10.0 Å². The summed E-state index contributed by atoms with van der Waals surface area (Å²) in [5, 5.41) is 4.59. The van der Waals surface area contributed by atoms with Crippen molar-refractivity contribution in [2.75, 3.05) is 0 Å². The fourth-order valence-corrected chi connectivity index (χ4v) is 5.77. The highest BCUT2D eigenvalue weighted by Crippen LogP contribution is 2.23. The summed E-state index contributed by atoms with van der Waals surface area (Å²) in [4.78, 5) is 17.4. The second kappa shape index (κ2) is 11.5. The first kappa shape index (κ1) is 27.3. The molecule has 40 heavy (non-hydrogen) atoms. The minimum absolute atomic E-state index is 0.0134. The lowest BCUT2D eigenvalue weighted by Crippen LogP contribution is -2.30. The minimum atomic E-state index is -3.83. The maximum atomic E-state index is 13.5. The molecule has 0 unspecified atom stereocenters. The summed E-state index contributed by atoms with van der Waals surface area (Å²) in [6.45, 7) is 3.83. The van der Waals surface area contributed by atoms with Gasteiger partial charge < -0.3 is 4.42 Å². The lowest BCUT2D eigenvalue weighted by atomic mass is 10.2. The summed E-state index contributed by atoms with van der Waals surface area (Å²) in [6.07, 6.45) is 3.15. The van der Waals surface area contributed by atoms with Crippen LogP contribution in [-0.4, -0.2) is 34.2 Å². The summed E-state index contributed by atoms with van der Waals surface area (Å²) in [7, 11) is -3.83. The van der Waals surface area contributed by atoms with Crippen LogP contribution in [0.5, 0.6) is 0 Å². The molecule has 0 saturated heterocycles. The number of sulfonamides is 1. The van der Waals surface area contributed by atoms with E-state index in [1.807, 2.05) is 19.1 Å². The normalized spacial score (nSPS) is 12.0. The molecule has 204 valence electrons. The van der Waals surface area contributed by atoms with Crippen LogP contribution in [0.4, 0.5) is 0 Å². The molecule has 5 aromatic rings. The van der Waals surface area contributed by atoms with E-state index in [-0.39, 0.29) is 18.0 Å². The zero-order valence-electron chi connectivity index (χ0n) is 21.8. The molecule has 0 saturated carbocycles. The average Bonchev–Trinajstić information content (AvgIpc) is 3.52. The highest BCUT2D eigenvalue weighted by molar-refractivity contribution is 7.89. The van der Waals surface area contributed by atoms with Crippen molar-refractivity contribution in [1.29, 1.82) is 0 Å². The number of benzene rings is 2. The molecule has 2 aromatic carbocycles. The van der Waals surface area contributed by atoms with E-state index in [0.29, 0.717) is 33.6 Å². The number of hydrogen-bond acceptors (Lipinski definition) is 6.